The van der Waals surface area contributed by atoms with Crippen molar-refractivity contribution in [1.29, 1.82) is 0 Å². The van der Waals surface area contributed by atoms with E-state index in [9.17, 15) is 18.0 Å². The number of nitrogens with one attached hydrogen (secondary N) is 1. The minimum Gasteiger partial charge on any atom is -0.342 e. The van der Waals surface area contributed by atoms with Crippen LogP contribution in [0, 0.1) is 10.8 Å². The molecule has 20 heavy (non-hydrogen) atoms. The van der Waals surface area contributed by atoms with Gasteiger partial charge >= 0.3 is 6.18 Å². The normalized spacial score (nSPS) is 31.1. The summed E-state index contributed by atoms with van der Waals surface area (Å²) in [6, 6.07) is 0. The van der Waals surface area contributed by atoms with Gasteiger partial charge in [-0.2, -0.15) is 13.2 Å². The Labute approximate surface area is 117 Å². The van der Waals surface area contributed by atoms with Crippen molar-refractivity contribution in [3.8, 4) is 0 Å². The van der Waals surface area contributed by atoms with Crippen molar-refractivity contribution in [3.05, 3.63) is 0 Å². The molecule has 2 saturated heterocycles. The largest absolute Gasteiger partial charge is 0.404 e. The Balaban J connectivity index is 2.17. The van der Waals surface area contributed by atoms with Gasteiger partial charge in [-0.05, 0) is 37.6 Å². The molecule has 0 aliphatic carbocycles. The molecule has 1 N–H and O–H groups in total. The van der Waals surface area contributed by atoms with Gasteiger partial charge in [-0.15, -0.1) is 0 Å². The zero-order valence-electron chi connectivity index (χ0n) is 12.1. The Kier molecular flexibility index (Phi) is 4.06. The summed E-state index contributed by atoms with van der Waals surface area (Å²) >= 11 is 0. The number of amides is 1. The van der Waals surface area contributed by atoms with E-state index in [1.807, 2.05) is 0 Å². The summed E-state index contributed by atoms with van der Waals surface area (Å²) in [5, 5.41) is 2.70. The first-order valence-corrected chi connectivity index (χ1v) is 7.25. The van der Waals surface area contributed by atoms with E-state index in [0.29, 0.717) is 13.1 Å². The van der Waals surface area contributed by atoms with Crippen LogP contribution >= 0.6 is 0 Å². The van der Waals surface area contributed by atoms with Crippen molar-refractivity contribution in [2.24, 2.45) is 10.8 Å². The first-order valence-electron chi connectivity index (χ1n) is 7.25. The molecule has 0 spiro atoms. The molecule has 0 saturated carbocycles. The van der Waals surface area contributed by atoms with Crippen LogP contribution in [-0.2, 0) is 4.79 Å². The lowest BCUT2D eigenvalue weighted by molar-refractivity contribution is -0.221. The molecule has 0 aromatic rings. The molecule has 2 fully saturated rings. The van der Waals surface area contributed by atoms with Crippen LogP contribution in [-0.4, -0.2) is 43.2 Å². The smallest absolute Gasteiger partial charge is 0.342 e. The number of hydrogen-bond donors (Lipinski definition) is 1. The second-order valence-electron chi connectivity index (χ2n) is 6.82. The van der Waals surface area contributed by atoms with Gasteiger partial charge in [0.05, 0.1) is 0 Å². The van der Waals surface area contributed by atoms with Gasteiger partial charge in [-0.25, -0.2) is 0 Å². The van der Waals surface area contributed by atoms with Gasteiger partial charge in [0, 0.05) is 19.6 Å². The van der Waals surface area contributed by atoms with Crippen molar-refractivity contribution < 1.29 is 18.0 Å². The number of carbonyl (C=O) groups excluding carboxylic acids is 1. The Hall–Kier alpha value is -0.780. The Bertz CT molecular complexity index is 373. The first kappa shape index (κ1) is 15.6. The maximum absolute atomic E-state index is 13.4. The van der Waals surface area contributed by atoms with E-state index >= 15 is 0 Å². The minimum atomic E-state index is -4.48. The Morgan fingerprint density at radius 3 is 2.40 bits per heavy atom. The molecule has 1 atom stereocenters. The summed E-state index contributed by atoms with van der Waals surface area (Å²) in [5.74, 6) is -0.729. The van der Waals surface area contributed by atoms with Crippen LogP contribution in [0.5, 0.6) is 0 Å². The third-order valence-corrected chi connectivity index (χ3v) is 4.73. The molecule has 1 unspecified atom stereocenters. The summed E-state index contributed by atoms with van der Waals surface area (Å²) in [5.41, 5.74) is -2.10. The molecule has 0 bridgehead atoms. The quantitative estimate of drug-likeness (QED) is 0.805. The summed E-state index contributed by atoms with van der Waals surface area (Å²) in [4.78, 5) is 13.9. The fourth-order valence-corrected chi connectivity index (χ4v) is 3.17. The van der Waals surface area contributed by atoms with Crippen LogP contribution in [0.15, 0.2) is 0 Å². The molecule has 2 heterocycles. The van der Waals surface area contributed by atoms with E-state index in [1.54, 1.807) is 0 Å². The van der Waals surface area contributed by atoms with Crippen molar-refractivity contribution in [2.75, 3.05) is 26.2 Å². The molecule has 1 amide bonds. The number of halogens is 3. The van der Waals surface area contributed by atoms with E-state index in [4.69, 9.17) is 0 Å². The predicted octanol–water partition coefficient (Wildman–Crippen LogP) is 2.57. The first-order chi connectivity index (χ1) is 9.18. The molecular weight excluding hydrogens is 269 g/mol. The highest BCUT2D eigenvalue weighted by atomic mass is 19.4. The highest BCUT2D eigenvalue weighted by Crippen LogP contribution is 2.45. The van der Waals surface area contributed by atoms with Crippen LogP contribution in [0.25, 0.3) is 0 Å². The molecule has 3 nitrogen and oxygen atoms in total. The molecule has 2 aliphatic rings. The third-order valence-electron chi connectivity index (χ3n) is 4.73. The summed E-state index contributed by atoms with van der Waals surface area (Å²) in [6.45, 7) is 5.07. The summed E-state index contributed by atoms with van der Waals surface area (Å²) in [7, 11) is 0. The molecule has 2 rings (SSSR count). The lowest BCUT2D eigenvalue weighted by Gasteiger charge is -2.35. The number of likely N-dealkylation sites (tertiary alicyclic amines) is 1. The van der Waals surface area contributed by atoms with E-state index in [1.165, 1.54) is 4.90 Å². The number of alkyl halides is 3. The fraction of sp³-hybridized carbons (Fsp3) is 0.929. The van der Waals surface area contributed by atoms with Gasteiger partial charge in [0.25, 0.3) is 0 Å². The van der Waals surface area contributed by atoms with Crippen LogP contribution < -0.4 is 5.32 Å². The van der Waals surface area contributed by atoms with Crippen molar-refractivity contribution in [2.45, 2.75) is 45.7 Å². The average molecular weight is 292 g/mol. The fourth-order valence-electron chi connectivity index (χ4n) is 3.17. The molecular formula is C14H23F3N2O. The van der Waals surface area contributed by atoms with Gasteiger partial charge in [-0.1, -0.05) is 13.8 Å². The van der Waals surface area contributed by atoms with Crippen LogP contribution in [0.4, 0.5) is 13.2 Å². The van der Waals surface area contributed by atoms with Crippen molar-refractivity contribution in [3.63, 3.8) is 0 Å². The van der Waals surface area contributed by atoms with Gasteiger partial charge < -0.3 is 10.2 Å². The van der Waals surface area contributed by atoms with Crippen LogP contribution in [0.1, 0.15) is 39.5 Å². The lowest BCUT2D eigenvalue weighted by Crippen LogP contribution is -2.53. The molecule has 0 radical (unpaired) electrons. The maximum Gasteiger partial charge on any atom is 0.404 e. The lowest BCUT2D eigenvalue weighted by atomic mass is 9.84. The van der Waals surface area contributed by atoms with Crippen LogP contribution in [0.3, 0.4) is 0 Å². The van der Waals surface area contributed by atoms with E-state index in [0.717, 1.165) is 19.3 Å². The standard InChI is InChI=1S/C14H23F3N2O/c1-12(2)4-3-8-19(9-6-12)11(20)13(14(15,16)17)5-7-18-10-13/h18H,3-10H2,1-2H3. The Morgan fingerprint density at radius 1 is 1.15 bits per heavy atom. The number of nitrogens with zero attached hydrogens (tertiary/aromatic N) is 1. The molecule has 116 valence electrons. The van der Waals surface area contributed by atoms with E-state index in [2.05, 4.69) is 19.2 Å². The maximum atomic E-state index is 13.4. The Morgan fingerprint density at radius 2 is 1.85 bits per heavy atom. The third kappa shape index (κ3) is 2.80. The highest BCUT2D eigenvalue weighted by Gasteiger charge is 2.62. The summed E-state index contributed by atoms with van der Waals surface area (Å²) in [6.07, 6.45) is -2.13. The number of hydrogen-bond acceptors (Lipinski definition) is 2. The number of carbonyl (C=O) groups is 1. The molecule has 6 heteroatoms. The van der Waals surface area contributed by atoms with Crippen molar-refractivity contribution in [1.82, 2.24) is 10.2 Å². The zero-order valence-corrected chi connectivity index (χ0v) is 12.1. The average Bonchev–Trinajstić information content (AvgIpc) is 2.76. The van der Waals surface area contributed by atoms with Gasteiger partial charge in [-0.3, -0.25) is 4.79 Å². The minimum absolute atomic E-state index is 0.106. The van der Waals surface area contributed by atoms with Crippen LogP contribution in [0.2, 0.25) is 0 Å². The molecule has 0 aromatic heterocycles. The SMILES string of the molecule is CC1(C)CCCN(C(=O)C2(C(F)(F)F)CCNC2)CC1. The highest BCUT2D eigenvalue weighted by molar-refractivity contribution is 5.84. The topological polar surface area (TPSA) is 32.3 Å². The summed E-state index contributed by atoms with van der Waals surface area (Å²) < 4.78 is 40.2. The predicted molar refractivity (Wildman–Crippen MR) is 70.2 cm³/mol. The van der Waals surface area contributed by atoms with Crippen molar-refractivity contribution >= 4 is 5.91 Å². The molecule has 0 aromatic carbocycles. The van der Waals surface area contributed by atoms with E-state index < -0.39 is 17.5 Å². The monoisotopic (exact) mass is 292 g/mol. The second kappa shape index (κ2) is 5.20. The van der Waals surface area contributed by atoms with Gasteiger partial charge in [0.2, 0.25) is 5.91 Å². The van der Waals surface area contributed by atoms with Gasteiger partial charge in [0.1, 0.15) is 0 Å². The van der Waals surface area contributed by atoms with Gasteiger partial charge in [0.15, 0.2) is 5.41 Å². The number of rotatable bonds is 1. The zero-order chi connectivity index (χ0) is 15.0. The molecule has 2 aliphatic heterocycles. The second-order valence-corrected chi connectivity index (χ2v) is 6.82. The van der Waals surface area contributed by atoms with E-state index in [-0.39, 0.29) is 24.9 Å².